The molecule has 1 unspecified atom stereocenters. The average Bonchev–Trinajstić information content (AvgIpc) is 2.43. The number of fused-ring (bicyclic) bond motifs is 2. The van der Waals surface area contributed by atoms with Crippen molar-refractivity contribution < 1.29 is 23.8 Å². The predicted molar refractivity (Wildman–Crippen MR) is 70.5 cm³/mol. The number of carbonyl (C=O) groups excluding carboxylic acids is 2. The van der Waals surface area contributed by atoms with Crippen molar-refractivity contribution in [2.75, 3.05) is 21.3 Å². The Morgan fingerprint density at radius 3 is 2.37 bits per heavy atom. The summed E-state index contributed by atoms with van der Waals surface area (Å²) in [5.41, 5.74) is 0.994. The molecule has 0 aliphatic heterocycles. The first kappa shape index (κ1) is 14.7. The zero-order valence-corrected chi connectivity index (χ0v) is 12.9. The second kappa shape index (κ2) is 5.00. The van der Waals surface area contributed by atoms with Gasteiger partial charge < -0.3 is 14.2 Å². The molecular weight excluding hydrogens is 316 g/mol. The number of halogens is 1. The molecule has 0 aromatic rings. The number of hydrogen-bond donors (Lipinski definition) is 0. The fourth-order valence-electron chi connectivity index (χ4n) is 3.23. The van der Waals surface area contributed by atoms with Crippen LogP contribution in [0, 0.1) is 17.8 Å². The van der Waals surface area contributed by atoms with Gasteiger partial charge in [0.05, 0.1) is 18.9 Å². The van der Waals surface area contributed by atoms with Crippen LogP contribution in [0.1, 0.15) is 13.3 Å². The molecule has 0 amide bonds. The molecule has 106 valence electrons. The molecule has 19 heavy (non-hydrogen) atoms. The highest BCUT2D eigenvalue weighted by atomic mass is 79.9. The lowest BCUT2D eigenvalue weighted by Crippen LogP contribution is -2.62. The maximum atomic E-state index is 12.6. The van der Waals surface area contributed by atoms with Gasteiger partial charge in [0, 0.05) is 24.6 Å². The minimum Gasteiger partial charge on any atom is -0.469 e. The van der Waals surface area contributed by atoms with E-state index in [9.17, 15) is 9.59 Å². The summed E-state index contributed by atoms with van der Waals surface area (Å²) in [4.78, 5) is 24.5. The number of hydrogen-bond acceptors (Lipinski definition) is 5. The highest BCUT2D eigenvalue weighted by Gasteiger charge is 2.62. The summed E-state index contributed by atoms with van der Waals surface area (Å²) < 4.78 is 16.3. The molecule has 3 rings (SSSR count). The van der Waals surface area contributed by atoms with Gasteiger partial charge in [-0.1, -0.05) is 21.5 Å². The summed E-state index contributed by atoms with van der Waals surface area (Å²) in [5, 5.41) is 0. The molecular formula is C13H17BrO5. The second-order valence-corrected chi connectivity index (χ2v) is 5.72. The van der Waals surface area contributed by atoms with Crippen molar-refractivity contribution in [1.29, 1.82) is 0 Å². The van der Waals surface area contributed by atoms with Crippen LogP contribution in [-0.2, 0) is 23.8 Å². The first-order valence-electron chi connectivity index (χ1n) is 6.03. The van der Waals surface area contributed by atoms with E-state index >= 15 is 0 Å². The molecule has 0 N–H and O–H groups in total. The van der Waals surface area contributed by atoms with Crippen LogP contribution in [-0.4, -0.2) is 38.9 Å². The standard InChI is InChI=1S/C13H17BrO5/c1-6-8-5-7(12(16)17-2)9(10(6)14)11(15)13(8,18-3)19-4/h7-9H,5H2,1-4H3/t7?,8-,9+/m0/s1. The van der Waals surface area contributed by atoms with Gasteiger partial charge in [-0.25, -0.2) is 0 Å². The topological polar surface area (TPSA) is 61.8 Å². The Morgan fingerprint density at radius 2 is 1.89 bits per heavy atom. The molecule has 3 aliphatic carbocycles. The van der Waals surface area contributed by atoms with Crippen LogP contribution in [0.25, 0.3) is 0 Å². The molecule has 5 nitrogen and oxygen atoms in total. The van der Waals surface area contributed by atoms with E-state index in [0.717, 1.165) is 10.1 Å². The lowest BCUT2D eigenvalue weighted by Gasteiger charge is -2.50. The molecule has 3 atom stereocenters. The average molecular weight is 333 g/mol. The van der Waals surface area contributed by atoms with E-state index in [0.29, 0.717) is 6.42 Å². The largest absolute Gasteiger partial charge is 0.469 e. The summed E-state index contributed by atoms with van der Waals surface area (Å²) in [6.45, 7) is 1.93. The number of ether oxygens (including phenoxy) is 3. The Balaban J connectivity index is 2.52. The van der Waals surface area contributed by atoms with Crippen molar-refractivity contribution in [3.8, 4) is 0 Å². The quantitative estimate of drug-likeness (QED) is 0.581. The number of ketones is 1. The van der Waals surface area contributed by atoms with E-state index in [4.69, 9.17) is 14.2 Å². The summed E-state index contributed by atoms with van der Waals surface area (Å²) in [5.74, 6) is -3.21. The van der Waals surface area contributed by atoms with Crippen LogP contribution < -0.4 is 0 Å². The van der Waals surface area contributed by atoms with Crippen molar-refractivity contribution in [2.45, 2.75) is 19.1 Å². The summed E-state index contributed by atoms with van der Waals surface area (Å²) in [6, 6.07) is 0. The number of Topliss-reactive ketones (excluding diaryl/α,β-unsaturated/α-hetero) is 1. The molecule has 0 radical (unpaired) electrons. The fourth-order valence-corrected chi connectivity index (χ4v) is 4.04. The van der Waals surface area contributed by atoms with Gasteiger partial charge in [-0.3, -0.25) is 9.59 Å². The summed E-state index contributed by atoms with van der Waals surface area (Å²) >= 11 is 3.44. The van der Waals surface area contributed by atoms with Crippen LogP contribution in [0.2, 0.25) is 0 Å². The maximum Gasteiger partial charge on any atom is 0.309 e. The molecule has 2 bridgehead atoms. The van der Waals surface area contributed by atoms with Gasteiger partial charge in [0.2, 0.25) is 11.6 Å². The summed E-state index contributed by atoms with van der Waals surface area (Å²) in [7, 11) is 4.24. The van der Waals surface area contributed by atoms with Crippen molar-refractivity contribution in [2.24, 2.45) is 17.8 Å². The third-order valence-electron chi connectivity index (χ3n) is 4.26. The minimum atomic E-state index is -1.28. The van der Waals surface area contributed by atoms with E-state index in [1.165, 1.54) is 21.3 Å². The van der Waals surface area contributed by atoms with Crippen LogP contribution in [0.15, 0.2) is 10.1 Å². The van der Waals surface area contributed by atoms with Crippen LogP contribution in [0.5, 0.6) is 0 Å². The van der Waals surface area contributed by atoms with Gasteiger partial charge in [-0.05, 0) is 13.3 Å². The predicted octanol–water partition coefficient (Wildman–Crippen LogP) is 1.65. The Morgan fingerprint density at radius 1 is 1.32 bits per heavy atom. The first-order chi connectivity index (χ1) is 8.94. The monoisotopic (exact) mass is 332 g/mol. The van der Waals surface area contributed by atoms with Crippen molar-refractivity contribution in [1.82, 2.24) is 0 Å². The van der Waals surface area contributed by atoms with E-state index in [1.807, 2.05) is 6.92 Å². The third-order valence-corrected chi connectivity index (χ3v) is 5.38. The lowest BCUT2D eigenvalue weighted by atomic mass is 9.61. The fraction of sp³-hybridized carbons (Fsp3) is 0.692. The van der Waals surface area contributed by atoms with Crippen LogP contribution >= 0.6 is 15.9 Å². The van der Waals surface area contributed by atoms with Gasteiger partial charge >= 0.3 is 5.97 Å². The number of carbonyl (C=O) groups is 2. The molecule has 0 aromatic carbocycles. The molecule has 0 saturated heterocycles. The normalized spacial score (nSPS) is 32.7. The Kier molecular flexibility index (Phi) is 3.86. The second-order valence-electron chi connectivity index (χ2n) is 4.87. The first-order valence-corrected chi connectivity index (χ1v) is 6.82. The zero-order valence-electron chi connectivity index (χ0n) is 11.4. The van der Waals surface area contributed by atoms with E-state index in [-0.39, 0.29) is 17.7 Å². The van der Waals surface area contributed by atoms with Crippen LogP contribution in [0.3, 0.4) is 0 Å². The SMILES string of the molecule is COC(=O)C1C[C@H]2C(C)=C(Br)[C@@H]1C(=O)C2(OC)OC. The zero-order chi connectivity index (χ0) is 14.4. The number of allylic oxidation sites excluding steroid dienone is 1. The van der Waals surface area contributed by atoms with Crippen LogP contribution in [0.4, 0.5) is 0 Å². The van der Waals surface area contributed by atoms with Gasteiger partial charge in [0.15, 0.2) is 0 Å². The Bertz CT molecular complexity index is 452. The van der Waals surface area contributed by atoms with Gasteiger partial charge in [0.25, 0.3) is 0 Å². The van der Waals surface area contributed by atoms with E-state index in [1.54, 1.807) is 0 Å². The number of esters is 1. The van der Waals surface area contributed by atoms with Gasteiger partial charge in [-0.15, -0.1) is 0 Å². The highest BCUT2D eigenvalue weighted by molar-refractivity contribution is 9.11. The molecule has 0 spiro atoms. The van der Waals surface area contributed by atoms with Crippen molar-refractivity contribution >= 4 is 27.7 Å². The van der Waals surface area contributed by atoms with Crippen molar-refractivity contribution in [3.63, 3.8) is 0 Å². The summed E-state index contributed by atoms with van der Waals surface area (Å²) in [6.07, 6.45) is 0.492. The van der Waals surface area contributed by atoms with Gasteiger partial charge in [0.1, 0.15) is 0 Å². The molecule has 1 fully saturated rings. The molecule has 0 heterocycles. The third kappa shape index (κ3) is 1.80. The molecule has 3 aliphatic rings. The van der Waals surface area contributed by atoms with Crippen molar-refractivity contribution in [3.05, 3.63) is 10.1 Å². The molecule has 6 heteroatoms. The maximum absolute atomic E-state index is 12.6. The lowest BCUT2D eigenvalue weighted by molar-refractivity contribution is -0.242. The van der Waals surface area contributed by atoms with E-state index in [2.05, 4.69) is 15.9 Å². The highest BCUT2D eigenvalue weighted by Crippen LogP contribution is 2.54. The molecule has 1 saturated carbocycles. The van der Waals surface area contributed by atoms with Gasteiger partial charge in [-0.2, -0.15) is 0 Å². The Labute approximate surface area is 120 Å². The Hall–Kier alpha value is -0.720. The minimum absolute atomic E-state index is 0.221. The number of methoxy groups -OCH3 is 3. The number of rotatable bonds is 3. The van der Waals surface area contributed by atoms with E-state index < -0.39 is 17.6 Å². The molecule has 0 aromatic heterocycles. The smallest absolute Gasteiger partial charge is 0.309 e.